The fraction of sp³-hybridized carbons (Fsp3) is 0.364. The van der Waals surface area contributed by atoms with E-state index in [4.69, 9.17) is 16.3 Å². The van der Waals surface area contributed by atoms with Crippen LogP contribution in [-0.4, -0.2) is 32.3 Å². The lowest BCUT2D eigenvalue weighted by atomic mass is 10.2. The summed E-state index contributed by atoms with van der Waals surface area (Å²) in [5.74, 6) is 0.216. The van der Waals surface area contributed by atoms with Gasteiger partial charge in [-0.15, -0.1) is 0 Å². The van der Waals surface area contributed by atoms with Gasteiger partial charge in [-0.1, -0.05) is 17.7 Å². The van der Waals surface area contributed by atoms with Gasteiger partial charge in [0, 0.05) is 0 Å². The molecule has 3 nitrogen and oxygen atoms in total. The molecule has 7 heteroatoms. The van der Waals surface area contributed by atoms with Gasteiger partial charge in [0.25, 0.3) is 0 Å². The fourth-order valence-electron chi connectivity index (χ4n) is 1.16. The van der Waals surface area contributed by atoms with Crippen LogP contribution in [0.15, 0.2) is 18.2 Å². The van der Waals surface area contributed by atoms with Gasteiger partial charge >= 0.3 is 6.18 Å². The van der Waals surface area contributed by atoms with E-state index in [2.05, 4.69) is 4.74 Å². The van der Waals surface area contributed by atoms with Gasteiger partial charge in [0.05, 0.1) is 17.2 Å². The van der Waals surface area contributed by atoms with Gasteiger partial charge < -0.3 is 9.47 Å². The molecule has 0 saturated carbocycles. The summed E-state index contributed by atoms with van der Waals surface area (Å²) < 4.78 is 44.7. The van der Waals surface area contributed by atoms with Crippen molar-refractivity contribution in [3.05, 3.63) is 28.8 Å². The van der Waals surface area contributed by atoms with E-state index in [1.54, 1.807) is 6.07 Å². The molecule has 0 spiro atoms. The summed E-state index contributed by atoms with van der Waals surface area (Å²) in [4.78, 5) is 10.7. The standard InChI is InChI=1S/C11H10ClF3O3/c12-9-2-1-3-10(8(9)6-16)18-5-4-17-7-11(13,14)15/h1-3,6H,4-5,7H2. The van der Waals surface area contributed by atoms with Gasteiger partial charge in [0.2, 0.25) is 0 Å². The smallest absolute Gasteiger partial charge is 0.411 e. The van der Waals surface area contributed by atoms with E-state index >= 15 is 0 Å². The van der Waals surface area contributed by atoms with Crippen molar-refractivity contribution < 1.29 is 27.4 Å². The predicted octanol–water partition coefficient (Wildman–Crippen LogP) is 3.11. The average Bonchev–Trinajstić information content (AvgIpc) is 2.27. The van der Waals surface area contributed by atoms with Crippen LogP contribution in [0.3, 0.4) is 0 Å². The molecule has 1 rings (SSSR count). The maximum atomic E-state index is 11.7. The Morgan fingerprint density at radius 1 is 1.28 bits per heavy atom. The Labute approximate surface area is 106 Å². The van der Waals surface area contributed by atoms with E-state index in [0.717, 1.165) is 0 Å². The molecule has 0 aliphatic heterocycles. The SMILES string of the molecule is O=Cc1c(Cl)cccc1OCCOCC(F)(F)F. The van der Waals surface area contributed by atoms with Crippen LogP contribution in [0.2, 0.25) is 5.02 Å². The number of rotatable bonds is 6. The summed E-state index contributed by atoms with van der Waals surface area (Å²) in [7, 11) is 0. The Hall–Kier alpha value is -1.27. The van der Waals surface area contributed by atoms with Crippen LogP contribution in [0.5, 0.6) is 5.75 Å². The van der Waals surface area contributed by atoms with Gasteiger partial charge in [-0.2, -0.15) is 13.2 Å². The van der Waals surface area contributed by atoms with Crippen molar-refractivity contribution in [2.75, 3.05) is 19.8 Å². The molecule has 100 valence electrons. The molecule has 0 N–H and O–H groups in total. The Morgan fingerprint density at radius 2 is 2.00 bits per heavy atom. The van der Waals surface area contributed by atoms with Gasteiger partial charge in [-0.25, -0.2) is 0 Å². The third-order valence-corrected chi connectivity index (χ3v) is 2.21. The summed E-state index contributed by atoms with van der Waals surface area (Å²) in [6, 6.07) is 4.58. The third-order valence-electron chi connectivity index (χ3n) is 1.88. The Balaban J connectivity index is 2.40. The first kappa shape index (κ1) is 14.8. The minimum atomic E-state index is -4.36. The normalized spacial score (nSPS) is 11.3. The highest BCUT2D eigenvalue weighted by molar-refractivity contribution is 6.33. The lowest BCUT2D eigenvalue weighted by Crippen LogP contribution is -2.19. The summed E-state index contributed by atoms with van der Waals surface area (Å²) in [6.45, 7) is -1.66. The zero-order valence-corrected chi connectivity index (χ0v) is 9.92. The van der Waals surface area contributed by atoms with Crippen LogP contribution in [-0.2, 0) is 4.74 Å². The number of ether oxygens (including phenoxy) is 2. The quantitative estimate of drug-likeness (QED) is 0.594. The van der Waals surface area contributed by atoms with Crippen LogP contribution in [0, 0.1) is 0 Å². The molecule has 18 heavy (non-hydrogen) atoms. The highest BCUT2D eigenvalue weighted by Gasteiger charge is 2.27. The van der Waals surface area contributed by atoms with Gasteiger partial charge in [0.1, 0.15) is 19.0 Å². The molecule has 0 bridgehead atoms. The molecule has 0 heterocycles. The molecular weight excluding hydrogens is 273 g/mol. The summed E-state index contributed by atoms with van der Waals surface area (Å²) in [6.07, 6.45) is -3.84. The molecule has 0 atom stereocenters. The number of hydrogen-bond acceptors (Lipinski definition) is 3. The molecular formula is C11H10ClF3O3. The minimum absolute atomic E-state index is 0.0999. The van der Waals surface area contributed by atoms with E-state index in [1.165, 1.54) is 12.1 Å². The van der Waals surface area contributed by atoms with Crippen molar-refractivity contribution in [3.8, 4) is 5.75 Å². The largest absolute Gasteiger partial charge is 0.490 e. The number of alkyl halides is 3. The number of aldehydes is 1. The summed E-state index contributed by atoms with van der Waals surface area (Å²) in [5.41, 5.74) is 0.162. The first-order valence-corrected chi connectivity index (χ1v) is 5.33. The number of benzene rings is 1. The molecule has 0 amide bonds. The van der Waals surface area contributed by atoms with E-state index in [1.807, 2.05) is 0 Å². The molecule has 0 aliphatic rings. The number of carbonyl (C=O) groups is 1. The molecule has 0 aliphatic carbocycles. The number of hydrogen-bond donors (Lipinski definition) is 0. The molecule has 0 fully saturated rings. The van der Waals surface area contributed by atoms with Gasteiger partial charge in [-0.3, -0.25) is 4.79 Å². The second-order valence-electron chi connectivity index (χ2n) is 3.29. The summed E-state index contributed by atoms with van der Waals surface area (Å²) in [5, 5.41) is 0.221. The molecule has 0 unspecified atom stereocenters. The zero-order valence-electron chi connectivity index (χ0n) is 9.17. The van der Waals surface area contributed by atoms with E-state index in [0.29, 0.717) is 6.29 Å². The van der Waals surface area contributed by atoms with Crippen molar-refractivity contribution in [2.45, 2.75) is 6.18 Å². The van der Waals surface area contributed by atoms with Crippen LogP contribution in [0.4, 0.5) is 13.2 Å². The first-order valence-electron chi connectivity index (χ1n) is 4.95. The van der Waals surface area contributed by atoms with E-state index < -0.39 is 12.8 Å². The minimum Gasteiger partial charge on any atom is -0.490 e. The van der Waals surface area contributed by atoms with Crippen LogP contribution >= 0.6 is 11.6 Å². The Bertz CT molecular complexity index is 407. The predicted molar refractivity (Wildman–Crippen MR) is 59.2 cm³/mol. The van der Waals surface area contributed by atoms with Crippen LogP contribution in [0.25, 0.3) is 0 Å². The lowest BCUT2D eigenvalue weighted by Gasteiger charge is -2.10. The lowest BCUT2D eigenvalue weighted by molar-refractivity contribution is -0.175. The molecule has 0 aromatic heterocycles. The second-order valence-corrected chi connectivity index (χ2v) is 3.69. The highest BCUT2D eigenvalue weighted by atomic mass is 35.5. The second kappa shape index (κ2) is 6.61. The molecule has 1 aromatic rings. The van der Waals surface area contributed by atoms with Crippen molar-refractivity contribution >= 4 is 17.9 Å². The van der Waals surface area contributed by atoms with Crippen molar-refractivity contribution in [3.63, 3.8) is 0 Å². The Kier molecular flexibility index (Phi) is 5.43. The first-order chi connectivity index (χ1) is 8.44. The Morgan fingerprint density at radius 3 is 2.61 bits per heavy atom. The van der Waals surface area contributed by atoms with Crippen molar-refractivity contribution in [1.29, 1.82) is 0 Å². The topological polar surface area (TPSA) is 35.5 Å². The maximum absolute atomic E-state index is 11.7. The molecule has 1 aromatic carbocycles. The summed E-state index contributed by atoms with van der Waals surface area (Å²) >= 11 is 5.74. The van der Waals surface area contributed by atoms with Crippen molar-refractivity contribution in [2.24, 2.45) is 0 Å². The van der Waals surface area contributed by atoms with Gasteiger partial charge in [-0.05, 0) is 12.1 Å². The van der Waals surface area contributed by atoms with Crippen molar-refractivity contribution in [1.82, 2.24) is 0 Å². The zero-order chi connectivity index (χ0) is 13.6. The third kappa shape index (κ3) is 4.93. The van der Waals surface area contributed by atoms with Crippen LogP contribution < -0.4 is 4.74 Å². The molecule has 0 saturated heterocycles. The number of carbonyl (C=O) groups excluding carboxylic acids is 1. The average molecular weight is 283 g/mol. The molecule has 0 radical (unpaired) electrons. The van der Waals surface area contributed by atoms with Crippen LogP contribution in [0.1, 0.15) is 10.4 Å². The van der Waals surface area contributed by atoms with E-state index in [9.17, 15) is 18.0 Å². The monoisotopic (exact) mass is 282 g/mol. The van der Waals surface area contributed by atoms with Gasteiger partial charge in [0.15, 0.2) is 6.29 Å². The maximum Gasteiger partial charge on any atom is 0.411 e. The number of halogens is 4. The van der Waals surface area contributed by atoms with E-state index in [-0.39, 0.29) is 29.5 Å². The fourth-order valence-corrected chi connectivity index (χ4v) is 1.37. The highest BCUT2D eigenvalue weighted by Crippen LogP contribution is 2.24.